The van der Waals surface area contributed by atoms with E-state index in [2.05, 4.69) is 47.8 Å². The van der Waals surface area contributed by atoms with Crippen molar-refractivity contribution in [1.29, 1.82) is 0 Å². The number of halogens is 5. The van der Waals surface area contributed by atoms with Crippen LogP contribution in [0.5, 0.6) is 0 Å². The highest BCUT2D eigenvalue weighted by atomic mass is 79.9. The van der Waals surface area contributed by atoms with E-state index < -0.39 is 5.82 Å². The number of hydrogen-bond acceptors (Lipinski definition) is 1. The highest BCUT2D eigenvalue weighted by Crippen LogP contribution is 2.43. The van der Waals surface area contributed by atoms with Gasteiger partial charge in [0.15, 0.2) is 0 Å². The van der Waals surface area contributed by atoms with E-state index in [4.69, 9.17) is 11.6 Å². The van der Waals surface area contributed by atoms with Crippen molar-refractivity contribution in [2.24, 2.45) is 0 Å². The molecule has 2 aromatic rings. The first-order valence-corrected chi connectivity index (χ1v) is 8.23. The van der Waals surface area contributed by atoms with Crippen molar-refractivity contribution in [3.05, 3.63) is 53.8 Å². The number of thiophene rings is 1. The Kier molecular flexibility index (Phi) is 4.69. The molecule has 1 heterocycles. The molecule has 0 bridgehead atoms. The molecule has 0 spiro atoms. The number of alkyl halides is 1. The van der Waals surface area contributed by atoms with E-state index in [1.807, 2.05) is 12.1 Å². The molecule has 1 aromatic heterocycles. The molecule has 0 nitrogen and oxygen atoms in total. The molecule has 0 radical (unpaired) electrons. The first kappa shape index (κ1) is 14.0. The van der Waals surface area contributed by atoms with Gasteiger partial charge in [0.05, 0.1) is 13.6 Å². The predicted octanol–water partition coefficient (Wildman–Crippen LogP) is 6.55. The van der Waals surface area contributed by atoms with Crippen LogP contribution in [0.3, 0.4) is 0 Å². The second-order valence-electron chi connectivity index (χ2n) is 3.28. The fourth-order valence-corrected chi connectivity index (χ4v) is 4.61. The molecule has 0 amide bonds. The summed E-state index contributed by atoms with van der Waals surface area (Å²) in [7, 11) is 0. The SMILES string of the molecule is Fc1cccc(C(Br)c2cc(Br)c(Br)s2)c1Cl. The van der Waals surface area contributed by atoms with Crippen LogP contribution in [0.2, 0.25) is 5.02 Å². The number of hydrogen-bond donors (Lipinski definition) is 0. The highest BCUT2D eigenvalue weighted by molar-refractivity contribution is 9.13. The van der Waals surface area contributed by atoms with Crippen LogP contribution in [0.25, 0.3) is 0 Å². The quantitative estimate of drug-likeness (QED) is 0.443. The maximum Gasteiger partial charge on any atom is 0.142 e. The topological polar surface area (TPSA) is 0 Å². The molecular formula is C11H5Br3ClFS. The largest absolute Gasteiger partial charge is 0.205 e. The molecule has 6 heteroatoms. The standard InChI is InChI=1S/C11H5Br3ClFS/c12-6-4-8(17-11(6)14)9(13)5-2-1-3-7(16)10(5)15/h1-4,9H. The van der Waals surface area contributed by atoms with Gasteiger partial charge in [-0.3, -0.25) is 0 Å². The molecular weight excluding hydrogens is 458 g/mol. The summed E-state index contributed by atoms with van der Waals surface area (Å²) in [5.74, 6) is -0.400. The van der Waals surface area contributed by atoms with Crippen LogP contribution in [0.1, 0.15) is 15.3 Å². The van der Waals surface area contributed by atoms with Gasteiger partial charge in [-0.15, -0.1) is 11.3 Å². The molecule has 0 aliphatic carbocycles. The van der Waals surface area contributed by atoms with Crippen LogP contribution in [0.15, 0.2) is 32.5 Å². The van der Waals surface area contributed by atoms with Gasteiger partial charge in [-0.1, -0.05) is 39.7 Å². The first-order valence-electron chi connectivity index (χ1n) is 4.53. The van der Waals surface area contributed by atoms with Gasteiger partial charge in [0.25, 0.3) is 0 Å². The Morgan fingerprint density at radius 3 is 2.59 bits per heavy atom. The molecule has 0 aliphatic heterocycles. The molecule has 1 atom stereocenters. The van der Waals surface area contributed by atoms with Crippen molar-refractivity contribution in [2.75, 3.05) is 0 Å². The van der Waals surface area contributed by atoms with Crippen LogP contribution < -0.4 is 0 Å². The Morgan fingerprint density at radius 2 is 2.00 bits per heavy atom. The minimum Gasteiger partial charge on any atom is -0.205 e. The van der Waals surface area contributed by atoms with Gasteiger partial charge in [0.1, 0.15) is 5.82 Å². The monoisotopic (exact) mass is 460 g/mol. The van der Waals surface area contributed by atoms with Crippen LogP contribution in [-0.4, -0.2) is 0 Å². The molecule has 0 N–H and O–H groups in total. The fourth-order valence-electron chi connectivity index (χ4n) is 1.36. The van der Waals surface area contributed by atoms with Gasteiger partial charge in [-0.2, -0.15) is 0 Å². The fraction of sp³-hybridized carbons (Fsp3) is 0.0909. The summed E-state index contributed by atoms with van der Waals surface area (Å²) >= 11 is 17.9. The Morgan fingerprint density at radius 1 is 1.29 bits per heavy atom. The Bertz CT molecular complexity index is 536. The molecule has 2 rings (SSSR count). The van der Waals surface area contributed by atoms with E-state index >= 15 is 0 Å². The lowest BCUT2D eigenvalue weighted by atomic mass is 10.1. The average molecular weight is 463 g/mol. The minimum absolute atomic E-state index is 0.113. The maximum absolute atomic E-state index is 13.4. The zero-order valence-electron chi connectivity index (χ0n) is 8.18. The molecule has 0 fully saturated rings. The van der Waals surface area contributed by atoms with Crippen LogP contribution in [0.4, 0.5) is 4.39 Å². The molecule has 0 saturated carbocycles. The van der Waals surface area contributed by atoms with Crippen LogP contribution >= 0.6 is 70.7 Å². The van der Waals surface area contributed by atoms with Gasteiger partial charge in [0, 0.05) is 9.35 Å². The summed E-state index contributed by atoms with van der Waals surface area (Å²) in [6, 6.07) is 6.80. The average Bonchev–Trinajstić information content (AvgIpc) is 2.62. The van der Waals surface area contributed by atoms with E-state index in [1.165, 1.54) is 6.07 Å². The van der Waals surface area contributed by atoms with Gasteiger partial charge in [-0.05, 0) is 49.6 Å². The summed E-state index contributed by atoms with van der Waals surface area (Å²) in [5.41, 5.74) is 0.730. The lowest BCUT2D eigenvalue weighted by Gasteiger charge is -2.10. The maximum atomic E-state index is 13.4. The smallest absolute Gasteiger partial charge is 0.142 e. The zero-order chi connectivity index (χ0) is 12.6. The second kappa shape index (κ2) is 5.70. The van der Waals surface area contributed by atoms with Gasteiger partial charge < -0.3 is 0 Å². The van der Waals surface area contributed by atoms with Crippen molar-refractivity contribution in [1.82, 2.24) is 0 Å². The van der Waals surface area contributed by atoms with Gasteiger partial charge >= 0.3 is 0 Å². The zero-order valence-corrected chi connectivity index (χ0v) is 14.5. The van der Waals surface area contributed by atoms with Gasteiger partial charge in [-0.25, -0.2) is 4.39 Å². The third kappa shape index (κ3) is 2.95. The van der Waals surface area contributed by atoms with Crippen LogP contribution in [0, 0.1) is 5.82 Å². The number of benzene rings is 1. The number of rotatable bonds is 2. The Labute approximate surface area is 133 Å². The molecule has 1 aromatic carbocycles. The van der Waals surface area contributed by atoms with Crippen molar-refractivity contribution in [2.45, 2.75) is 4.83 Å². The third-order valence-electron chi connectivity index (χ3n) is 2.17. The van der Waals surface area contributed by atoms with Crippen molar-refractivity contribution in [3.8, 4) is 0 Å². The van der Waals surface area contributed by atoms with E-state index in [-0.39, 0.29) is 9.85 Å². The van der Waals surface area contributed by atoms with Gasteiger partial charge in [0.2, 0.25) is 0 Å². The van der Waals surface area contributed by atoms with Crippen LogP contribution in [-0.2, 0) is 0 Å². The van der Waals surface area contributed by atoms with E-state index in [1.54, 1.807) is 17.4 Å². The normalized spacial score (nSPS) is 12.8. The molecule has 1 unspecified atom stereocenters. The van der Waals surface area contributed by atoms with Crippen molar-refractivity contribution < 1.29 is 4.39 Å². The van der Waals surface area contributed by atoms with E-state index in [0.717, 1.165) is 18.7 Å². The first-order chi connectivity index (χ1) is 8.00. The summed E-state index contributed by atoms with van der Waals surface area (Å²) in [6.07, 6.45) is 0. The molecule has 0 aliphatic rings. The molecule has 0 saturated heterocycles. The predicted molar refractivity (Wildman–Crippen MR) is 81.9 cm³/mol. The summed E-state index contributed by atoms with van der Waals surface area (Å²) in [4.78, 5) is 0.939. The summed E-state index contributed by atoms with van der Waals surface area (Å²) in [6.45, 7) is 0. The molecule has 90 valence electrons. The Hall–Kier alpha value is 0.580. The third-order valence-corrected chi connectivity index (χ3v) is 7.18. The van der Waals surface area contributed by atoms with E-state index in [0.29, 0.717) is 0 Å². The molecule has 17 heavy (non-hydrogen) atoms. The Balaban J connectivity index is 2.43. The minimum atomic E-state index is -0.400. The summed E-state index contributed by atoms with van der Waals surface area (Å²) < 4.78 is 15.4. The van der Waals surface area contributed by atoms with E-state index in [9.17, 15) is 4.39 Å². The summed E-state index contributed by atoms with van der Waals surface area (Å²) in [5, 5.41) is 0.162. The highest BCUT2D eigenvalue weighted by Gasteiger charge is 2.19. The van der Waals surface area contributed by atoms with Crippen molar-refractivity contribution in [3.63, 3.8) is 0 Å². The lowest BCUT2D eigenvalue weighted by molar-refractivity contribution is 0.626. The second-order valence-corrected chi connectivity index (χ2v) is 7.83. The van der Waals surface area contributed by atoms with Crippen molar-refractivity contribution >= 4 is 70.7 Å². The lowest BCUT2D eigenvalue weighted by Crippen LogP contribution is -1.92.